The molecule has 0 saturated carbocycles. The van der Waals surface area contributed by atoms with Crippen molar-refractivity contribution in [2.45, 2.75) is 36.7 Å². The van der Waals surface area contributed by atoms with Crippen LogP contribution in [-0.4, -0.2) is 20.1 Å². The fourth-order valence-corrected chi connectivity index (χ4v) is 3.19. The minimum atomic E-state index is -3.67. The molecule has 2 aromatic carbocycles. The van der Waals surface area contributed by atoms with Gasteiger partial charge in [0.1, 0.15) is 0 Å². The Morgan fingerprint density at radius 2 is 1.67 bits per heavy atom. The van der Waals surface area contributed by atoms with Crippen LogP contribution in [-0.2, 0) is 10.0 Å². The minimum absolute atomic E-state index is 0.0310. The molecule has 5 nitrogen and oxygen atoms in total. The van der Waals surface area contributed by atoms with Gasteiger partial charge in [-0.1, -0.05) is 42.5 Å². The molecule has 0 aromatic heterocycles. The quantitative estimate of drug-likeness (QED) is 0.683. The van der Waals surface area contributed by atoms with Crippen LogP contribution in [0.5, 0.6) is 0 Å². The monoisotopic (exact) mass is 348 g/mol. The summed E-state index contributed by atoms with van der Waals surface area (Å²) in [6.07, 6.45) is 1.53. The maximum atomic E-state index is 11.3. The molecule has 0 bridgehead atoms. The molecule has 0 saturated heterocycles. The normalized spacial score (nSPS) is 14.3. The van der Waals surface area contributed by atoms with Crippen molar-refractivity contribution in [3.05, 3.63) is 65.7 Å². The van der Waals surface area contributed by atoms with E-state index in [2.05, 4.69) is 17.4 Å². The highest BCUT2D eigenvalue weighted by atomic mass is 32.2. The third-order valence-electron chi connectivity index (χ3n) is 4.01. The molecule has 0 aliphatic carbocycles. The van der Waals surface area contributed by atoms with E-state index in [0.29, 0.717) is 6.42 Å². The van der Waals surface area contributed by atoms with Gasteiger partial charge in [-0.15, -0.1) is 0 Å². The molecule has 24 heavy (non-hydrogen) atoms. The van der Waals surface area contributed by atoms with E-state index < -0.39 is 10.0 Å². The van der Waals surface area contributed by atoms with E-state index >= 15 is 0 Å². The summed E-state index contributed by atoms with van der Waals surface area (Å²) in [5.74, 6) is 0. The van der Waals surface area contributed by atoms with Crippen molar-refractivity contribution < 1.29 is 13.5 Å². The molecule has 0 aliphatic rings. The molecule has 6 heteroatoms. The van der Waals surface area contributed by atoms with Gasteiger partial charge in [-0.2, -0.15) is 0 Å². The van der Waals surface area contributed by atoms with Crippen LogP contribution in [0.1, 0.15) is 43.0 Å². The van der Waals surface area contributed by atoms with Crippen molar-refractivity contribution in [2.24, 2.45) is 5.14 Å². The SMILES string of the molecule is CC(NC(CCCO)c1ccccc1)c1ccc(S(N)(=O)=O)cc1. The smallest absolute Gasteiger partial charge is 0.238 e. The molecule has 2 unspecified atom stereocenters. The maximum Gasteiger partial charge on any atom is 0.238 e. The van der Waals surface area contributed by atoms with Crippen molar-refractivity contribution >= 4 is 10.0 Å². The van der Waals surface area contributed by atoms with Crippen molar-refractivity contribution in [1.29, 1.82) is 0 Å². The molecule has 4 N–H and O–H groups in total. The number of hydrogen-bond donors (Lipinski definition) is 3. The lowest BCUT2D eigenvalue weighted by Crippen LogP contribution is -2.25. The van der Waals surface area contributed by atoms with Crippen LogP contribution in [0.15, 0.2) is 59.5 Å². The van der Waals surface area contributed by atoms with E-state index in [4.69, 9.17) is 10.2 Å². The fourth-order valence-electron chi connectivity index (χ4n) is 2.67. The van der Waals surface area contributed by atoms with Crippen LogP contribution in [0.3, 0.4) is 0 Å². The summed E-state index contributed by atoms with van der Waals surface area (Å²) in [6.45, 7) is 2.18. The molecule has 2 aromatic rings. The average Bonchev–Trinajstić information content (AvgIpc) is 2.58. The Hall–Kier alpha value is -1.73. The first-order valence-electron chi connectivity index (χ1n) is 7.96. The second-order valence-electron chi connectivity index (χ2n) is 5.83. The van der Waals surface area contributed by atoms with Crippen molar-refractivity contribution in [1.82, 2.24) is 5.32 Å². The lowest BCUT2D eigenvalue weighted by Gasteiger charge is -2.24. The first-order chi connectivity index (χ1) is 11.4. The maximum absolute atomic E-state index is 11.3. The molecular weight excluding hydrogens is 324 g/mol. The van der Waals surface area contributed by atoms with Gasteiger partial charge in [0, 0.05) is 18.7 Å². The highest BCUT2D eigenvalue weighted by Crippen LogP contribution is 2.24. The Morgan fingerprint density at radius 3 is 2.21 bits per heavy atom. The van der Waals surface area contributed by atoms with Crippen molar-refractivity contribution in [3.8, 4) is 0 Å². The van der Waals surface area contributed by atoms with E-state index in [1.54, 1.807) is 12.1 Å². The summed E-state index contributed by atoms with van der Waals surface area (Å²) in [5, 5.41) is 17.8. The summed E-state index contributed by atoms with van der Waals surface area (Å²) in [6, 6.07) is 16.8. The molecule has 130 valence electrons. The summed E-state index contributed by atoms with van der Waals surface area (Å²) < 4.78 is 22.7. The number of primary sulfonamides is 1. The number of sulfonamides is 1. The van der Waals surface area contributed by atoms with Gasteiger partial charge in [0.25, 0.3) is 0 Å². The van der Waals surface area contributed by atoms with Crippen LogP contribution in [0, 0.1) is 0 Å². The fraction of sp³-hybridized carbons (Fsp3) is 0.333. The van der Waals surface area contributed by atoms with E-state index in [1.165, 1.54) is 17.7 Å². The van der Waals surface area contributed by atoms with E-state index in [9.17, 15) is 8.42 Å². The van der Waals surface area contributed by atoms with Crippen LogP contribution in [0.25, 0.3) is 0 Å². The van der Waals surface area contributed by atoms with E-state index in [0.717, 1.165) is 12.0 Å². The molecule has 2 rings (SSSR count). The van der Waals surface area contributed by atoms with Crippen molar-refractivity contribution in [3.63, 3.8) is 0 Å². The summed E-state index contributed by atoms with van der Waals surface area (Å²) in [7, 11) is -3.67. The van der Waals surface area contributed by atoms with E-state index in [1.807, 2.05) is 25.1 Å². The van der Waals surface area contributed by atoms with Crippen molar-refractivity contribution in [2.75, 3.05) is 6.61 Å². The molecule has 0 amide bonds. The average molecular weight is 348 g/mol. The van der Waals surface area contributed by atoms with Crippen LogP contribution in [0.2, 0.25) is 0 Å². The van der Waals surface area contributed by atoms with Gasteiger partial charge in [-0.05, 0) is 43.0 Å². The molecular formula is C18H24N2O3S. The van der Waals surface area contributed by atoms with Gasteiger partial charge in [-0.25, -0.2) is 13.6 Å². The van der Waals surface area contributed by atoms with Gasteiger partial charge in [0.05, 0.1) is 4.90 Å². The predicted octanol–water partition coefficient (Wildman–Crippen LogP) is 2.50. The summed E-state index contributed by atoms with van der Waals surface area (Å²) in [5.41, 5.74) is 2.14. The minimum Gasteiger partial charge on any atom is -0.396 e. The number of nitrogens with two attached hydrogens (primary N) is 1. The molecule has 0 heterocycles. The molecule has 0 spiro atoms. The van der Waals surface area contributed by atoms with E-state index in [-0.39, 0.29) is 23.6 Å². The largest absolute Gasteiger partial charge is 0.396 e. The highest BCUT2D eigenvalue weighted by molar-refractivity contribution is 7.89. The molecule has 0 aliphatic heterocycles. The second-order valence-corrected chi connectivity index (χ2v) is 7.39. The number of aliphatic hydroxyl groups excluding tert-OH is 1. The predicted molar refractivity (Wildman–Crippen MR) is 94.9 cm³/mol. The molecule has 0 radical (unpaired) electrons. The zero-order valence-corrected chi connectivity index (χ0v) is 14.5. The number of benzene rings is 2. The number of aliphatic hydroxyl groups is 1. The Labute approximate surface area is 143 Å². The molecule has 2 atom stereocenters. The third kappa shape index (κ3) is 5.14. The van der Waals surface area contributed by atoms with Crippen LogP contribution >= 0.6 is 0 Å². The topological polar surface area (TPSA) is 92.4 Å². The molecule has 0 fully saturated rings. The van der Waals surface area contributed by atoms with Gasteiger partial charge in [0.15, 0.2) is 0 Å². The Morgan fingerprint density at radius 1 is 1.04 bits per heavy atom. The van der Waals surface area contributed by atoms with Crippen LogP contribution < -0.4 is 10.5 Å². The number of nitrogens with one attached hydrogen (secondary N) is 1. The number of hydrogen-bond acceptors (Lipinski definition) is 4. The second kappa shape index (κ2) is 8.39. The zero-order chi connectivity index (χ0) is 17.6. The van der Waals surface area contributed by atoms with Gasteiger partial charge in [0.2, 0.25) is 10.0 Å². The Bertz CT molecular complexity index is 731. The Kier molecular flexibility index (Phi) is 6.51. The van der Waals surface area contributed by atoms with Gasteiger partial charge < -0.3 is 10.4 Å². The number of rotatable bonds is 8. The third-order valence-corrected chi connectivity index (χ3v) is 4.94. The summed E-state index contributed by atoms with van der Waals surface area (Å²) >= 11 is 0. The van der Waals surface area contributed by atoms with Crippen LogP contribution in [0.4, 0.5) is 0 Å². The standard InChI is InChI=1S/C18H24N2O3S/c1-14(15-9-11-17(12-10-15)24(19,22)23)20-18(8-5-13-21)16-6-3-2-4-7-16/h2-4,6-7,9-12,14,18,20-21H,5,8,13H2,1H3,(H2,19,22,23). The van der Waals surface area contributed by atoms with Gasteiger partial charge >= 0.3 is 0 Å². The van der Waals surface area contributed by atoms with Gasteiger partial charge in [-0.3, -0.25) is 0 Å². The summed E-state index contributed by atoms with van der Waals surface area (Å²) in [4.78, 5) is 0.110. The highest BCUT2D eigenvalue weighted by Gasteiger charge is 2.16. The first-order valence-corrected chi connectivity index (χ1v) is 9.51. The first kappa shape index (κ1) is 18.6. The Balaban J connectivity index is 2.13. The lowest BCUT2D eigenvalue weighted by molar-refractivity contribution is 0.272. The zero-order valence-electron chi connectivity index (χ0n) is 13.7. The lowest BCUT2D eigenvalue weighted by atomic mass is 9.99.